The first-order valence-corrected chi connectivity index (χ1v) is 2.19. The molecular formula is C4H6N2O3. The highest BCUT2D eigenvalue weighted by Crippen LogP contribution is 1.79. The molecule has 1 aliphatic heterocycles. The minimum absolute atomic E-state index is 0.0185. The number of hydrazone groups is 1. The van der Waals surface area contributed by atoms with Gasteiger partial charge in [-0.3, -0.25) is 9.59 Å². The van der Waals surface area contributed by atoms with E-state index in [1.807, 2.05) is 0 Å². The Hall–Kier alpha value is -1.39. The lowest BCUT2D eigenvalue weighted by Gasteiger charge is -1.77. The van der Waals surface area contributed by atoms with E-state index in [4.69, 9.17) is 9.90 Å². The van der Waals surface area contributed by atoms with E-state index in [1.165, 1.54) is 0 Å². The van der Waals surface area contributed by atoms with Crippen LogP contribution in [0.2, 0.25) is 0 Å². The van der Waals surface area contributed by atoms with E-state index in [-0.39, 0.29) is 12.4 Å². The number of carboxylic acid groups (broad SMARTS) is 1. The number of hydrogen-bond donors (Lipinski definition) is 2. The van der Waals surface area contributed by atoms with Crippen LogP contribution in [0.1, 0.15) is 6.42 Å². The minimum atomic E-state index is -0.250. The van der Waals surface area contributed by atoms with Gasteiger partial charge in [0, 0.05) is 6.21 Å². The zero-order valence-electron chi connectivity index (χ0n) is 4.57. The van der Waals surface area contributed by atoms with Crippen LogP contribution in [0.25, 0.3) is 0 Å². The number of amides is 1. The van der Waals surface area contributed by atoms with Crippen LogP contribution in [-0.2, 0) is 9.59 Å². The topological polar surface area (TPSA) is 78.8 Å². The average molecular weight is 130 g/mol. The Morgan fingerprint density at radius 2 is 2.44 bits per heavy atom. The van der Waals surface area contributed by atoms with Gasteiger partial charge in [-0.25, -0.2) is 5.43 Å². The lowest BCUT2D eigenvalue weighted by Crippen LogP contribution is -2.08. The second-order valence-corrected chi connectivity index (χ2v) is 1.16. The molecule has 9 heavy (non-hydrogen) atoms. The smallest absolute Gasteiger partial charge is 0.290 e. The van der Waals surface area contributed by atoms with Crippen molar-refractivity contribution in [2.24, 2.45) is 5.10 Å². The maximum absolute atomic E-state index is 10.0. The first-order valence-electron chi connectivity index (χ1n) is 2.19. The molecule has 0 spiro atoms. The van der Waals surface area contributed by atoms with E-state index in [2.05, 4.69) is 10.5 Å². The zero-order valence-corrected chi connectivity index (χ0v) is 4.57. The fraction of sp³-hybridized carbons (Fsp3) is 0.250. The number of nitrogens with one attached hydrogen (secondary N) is 1. The van der Waals surface area contributed by atoms with Crippen molar-refractivity contribution in [1.82, 2.24) is 5.43 Å². The Bertz CT molecular complexity index is 122. The van der Waals surface area contributed by atoms with Crippen LogP contribution in [0.3, 0.4) is 0 Å². The van der Waals surface area contributed by atoms with Crippen LogP contribution < -0.4 is 5.43 Å². The summed E-state index contributed by atoms with van der Waals surface area (Å²) in [5, 5.41) is 10.3. The van der Waals surface area contributed by atoms with Crippen LogP contribution in [0.15, 0.2) is 5.10 Å². The van der Waals surface area contributed by atoms with Gasteiger partial charge in [-0.15, -0.1) is 0 Å². The lowest BCUT2D eigenvalue weighted by atomic mass is 10.5. The van der Waals surface area contributed by atoms with Crippen LogP contribution in [0, 0.1) is 0 Å². The van der Waals surface area contributed by atoms with Crippen molar-refractivity contribution in [2.45, 2.75) is 6.42 Å². The fourth-order valence-electron chi connectivity index (χ4n) is 0.292. The van der Waals surface area contributed by atoms with Crippen molar-refractivity contribution >= 4 is 18.6 Å². The van der Waals surface area contributed by atoms with Crippen molar-refractivity contribution in [3.63, 3.8) is 0 Å². The molecule has 1 aliphatic rings. The molecule has 5 nitrogen and oxygen atoms in total. The second kappa shape index (κ2) is 4.76. The molecule has 0 aromatic rings. The average Bonchev–Trinajstić information content (AvgIpc) is 2.20. The van der Waals surface area contributed by atoms with Crippen molar-refractivity contribution in [3.05, 3.63) is 0 Å². The first kappa shape index (κ1) is 7.61. The van der Waals surface area contributed by atoms with Crippen LogP contribution >= 0.6 is 0 Å². The lowest BCUT2D eigenvalue weighted by molar-refractivity contribution is -0.123. The van der Waals surface area contributed by atoms with Gasteiger partial charge in [-0.1, -0.05) is 0 Å². The Balaban J connectivity index is 0.000000187. The molecule has 1 amide bonds. The summed E-state index contributed by atoms with van der Waals surface area (Å²) in [6, 6.07) is 0. The maximum Gasteiger partial charge on any atom is 0.290 e. The Morgan fingerprint density at radius 1 is 1.89 bits per heavy atom. The summed E-state index contributed by atoms with van der Waals surface area (Å²) in [5.74, 6) is -0.0185. The summed E-state index contributed by atoms with van der Waals surface area (Å²) in [6.07, 6.45) is 1.99. The molecule has 2 N–H and O–H groups in total. The molecule has 5 heteroatoms. The van der Waals surface area contributed by atoms with Crippen molar-refractivity contribution < 1.29 is 14.7 Å². The van der Waals surface area contributed by atoms with Gasteiger partial charge in [-0.05, 0) is 0 Å². The monoisotopic (exact) mass is 130 g/mol. The Morgan fingerprint density at radius 3 is 2.56 bits per heavy atom. The summed E-state index contributed by atoms with van der Waals surface area (Å²) in [7, 11) is 0. The molecule has 0 aliphatic carbocycles. The molecule has 50 valence electrons. The first-order chi connectivity index (χ1) is 4.31. The fourth-order valence-corrected chi connectivity index (χ4v) is 0.292. The molecule has 0 fully saturated rings. The molecule has 1 heterocycles. The normalized spacial score (nSPS) is 13.6. The van der Waals surface area contributed by atoms with Gasteiger partial charge in [0.05, 0.1) is 6.42 Å². The molecular weight excluding hydrogens is 124 g/mol. The number of rotatable bonds is 0. The van der Waals surface area contributed by atoms with E-state index in [0.29, 0.717) is 6.42 Å². The van der Waals surface area contributed by atoms with Gasteiger partial charge in [-0.2, -0.15) is 5.10 Å². The summed E-state index contributed by atoms with van der Waals surface area (Å²) >= 11 is 0. The highest BCUT2D eigenvalue weighted by Gasteiger charge is 1.99. The van der Waals surface area contributed by atoms with Gasteiger partial charge < -0.3 is 5.11 Å². The van der Waals surface area contributed by atoms with E-state index in [9.17, 15) is 4.79 Å². The molecule has 0 unspecified atom stereocenters. The third-order valence-corrected chi connectivity index (χ3v) is 0.557. The maximum atomic E-state index is 10.0. The number of hydrogen-bond acceptors (Lipinski definition) is 3. The van der Waals surface area contributed by atoms with E-state index < -0.39 is 0 Å². The molecule has 0 bridgehead atoms. The van der Waals surface area contributed by atoms with E-state index in [0.717, 1.165) is 0 Å². The van der Waals surface area contributed by atoms with Crippen LogP contribution in [0.4, 0.5) is 0 Å². The molecule has 1 rings (SSSR count). The second-order valence-electron chi connectivity index (χ2n) is 1.16. The van der Waals surface area contributed by atoms with Crippen molar-refractivity contribution in [1.29, 1.82) is 0 Å². The summed E-state index contributed by atoms with van der Waals surface area (Å²) < 4.78 is 0. The molecule has 0 aromatic heterocycles. The molecule has 0 radical (unpaired) electrons. The van der Waals surface area contributed by atoms with Gasteiger partial charge in [0.25, 0.3) is 6.47 Å². The summed E-state index contributed by atoms with van der Waals surface area (Å²) in [4.78, 5) is 18.4. The van der Waals surface area contributed by atoms with Gasteiger partial charge in [0.15, 0.2) is 0 Å². The van der Waals surface area contributed by atoms with E-state index >= 15 is 0 Å². The third kappa shape index (κ3) is 4.46. The Labute approximate surface area is 51.4 Å². The number of carbonyl (C=O) groups is 2. The third-order valence-electron chi connectivity index (χ3n) is 0.557. The largest absolute Gasteiger partial charge is 0.483 e. The number of nitrogens with zero attached hydrogens (tertiary/aromatic N) is 1. The predicted molar refractivity (Wildman–Crippen MR) is 29.9 cm³/mol. The Kier molecular flexibility index (Phi) is 4.03. The van der Waals surface area contributed by atoms with Crippen molar-refractivity contribution in [2.75, 3.05) is 0 Å². The SMILES string of the molecule is O=C1CC=NN1.O=CO. The van der Waals surface area contributed by atoms with Gasteiger partial charge >= 0.3 is 0 Å². The standard InChI is InChI=1S/C3H4N2O.CH2O2/c6-3-1-2-4-5-3;2-1-3/h2H,1H2,(H,5,6);1H,(H,2,3). The highest BCUT2D eigenvalue weighted by molar-refractivity contribution is 5.93. The van der Waals surface area contributed by atoms with E-state index in [1.54, 1.807) is 6.21 Å². The van der Waals surface area contributed by atoms with Crippen LogP contribution in [-0.4, -0.2) is 23.7 Å². The van der Waals surface area contributed by atoms with Crippen molar-refractivity contribution in [3.8, 4) is 0 Å². The molecule has 0 atom stereocenters. The quantitative estimate of drug-likeness (QED) is 0.421. The summed E-state index contributed by atoms with van der Waals surface area (Å²) in [6.45, 7) is -0.250. The molecule has 0 saturated heterocycles. The summed E-state index contributed by atoms with van der Waals surface area (Å²) in [5.41, 5.74) is 2.25. The van der Waals surface area contributed by atoms with Gasteiger partial charge in [0.1, 0.15) is 0 Å². The van der Waals surface area contributed by atoms with Crippen LogP contribution in [0.5, 0.6) is 0 Å². The molecule has 0 aromatic carbocycles. The number of carbonyl (C=O) groups excluding carboxylic acids is 1. The minimum Gasteiger partial charge on any atom is -0.483 e. The van der Waals surface area contributed by atoms with Gasteiger partial charge in [0.2, 0.25) is 5.91 Å². The predicted octanol–water partition coefficient (Wildman–Crippen LogP) is -0.807. The molecule has 0 saturated carbocycles. The zero-order chi connectivity index (χ0) is 7.11. The highest BCUT2D eigenvalue weighted by atomic mass is 16.3.